The number of likely N-dealkylation sites (tertiary alicyclic amines) is 1. The fourth-order valence-electron chi connectivity index (χ4n) is 5.81. The highest BCUT2D eigenvalue weighted by Gasteiger charge is 2.47. The van der Waals surface area contributed by atoms with Gasteiger partial charge in [0.25, 0.3) is 0 Å². The van der Waals surface area contributed by atoms with Crippen molar-refractivity contribution in [2.24, 2.45) is 5.41 Å². The average Bonchev–Trinajstić information content (AvgIpc) is 3.16. The molecule has 1 aromatic heterocycles. The van der Waals surface area contributed by atoms with Crippen LogP contribution in [-0.4, -0.2) is 52.7 Å². The number of carbonyl (C=O) groups excluding carboxylic acids is 3. The van der Waals surface area contributed by atoms with Crippen molar-refractivity contribution < 1.29 is 19.1 Å². The van der Waals surface area contributed by atoms with Crippen LogP contribution in [0.2, 0.25) is 0 Å². The largest absolute Gasteiger partial charge is 0.444 e. The minimum absolute atomic E-state index is 0.201. The zero-order valence-electron chi connectivity index (χ0n) is 20.5. The molecule has 0 bridgehead atoms. The highest BCUT2D eigenvalue weighted by Crippen LogP contribution is 2.55. The predicted molar refractivity (Wildman–Crippen MR) is 130 cm³/mol. The summed E-state index contributed by atoms with van der Waals surface area (Å²) in [6.45, 7) is 9.68. The Bertz CT molecular complexity index is 1150. The SMILES string of the molecule is Cc1c(N2CCC(=O)NC2=O)ccc2c1ccn2C1CC2(CCN(C(=O)OC(C)(C)C)CC2)C1. The number of anilines is 1. The molecule has 0 atom stereocenters. The molecule has 2 saturated heterocycles. The van der Waals surface area contributed by atoms with Gasteiger partial charge in [0, 0.05) is 54.9 Å². The average molecular weight is 467 g/mol. The first kappa shape index (κ1) is 22.7. The third-order valence-electron chi connectivity index (χ3n) is 7.69. The highest BCUT2D eigenvalue weighted by atomic mass is 16.6. The molecule has 3 aliphatic rings. The maximum absolute atomic E-state index is 12.4. The summed E-state index contributed by atoms with van der Waals surface area (Å²) in [6, 6.07) is 6.33. The Morgan fingerprint density at radius 2 is 1.79 bits per heavy atom. The van der Waals surface area contributed by atoms with E-state index in [1.54, 1.807) is 4.90 Å². The normalized spacial score (nSPS) is 21.1. The molecule has 2 aromatic rings. The van der Waals surface area contributed by atoms with Gasteiger partial charge in [-0.2, -0.15) is 0 Å². The van der Waals surface area contributed by atoms with Crippen LogP contribution < -0.4 is 10.2 Å². The van der Waals surface area contributed by atoms with Crippen LogP contribution in [-0.2, 0) is 9.53 Å². The minimum Gasteiger partial charge on any atom is -0.444 e. The van der Waals surface area contributed by atoms with Crippen LogP contribution in [0.1, 0.15) is 64.5 Å². The van der Waals surface area contributed by atoms with E-state index in [1.165, 1.54) is 5.52 Å². The second-order valence-corrected chi connectivity index (χ2v) is 11.1. The minimum atomic E-state index is -0.462. The van der Waals surface area contributed by atoms with Crippen LogP contribution in [0.3, 0.4) is 0 Å². The molecule has 1 aliphatic carbocycles. The van der Waals surface area contributed by atoms with Crippen LogP contribution in [0.4, 0.5) is 15.3 Å². The summed E-state index contributed by atoms with van der Waals surface area (Å²) in [7, 11) is 0. The van der Waals surface area contributed by atoms with E-state index < -0.39 is 5.60 Å². The predicted octanol–water partition coefficient (Wildman–Crippen LogP) is 4.75. The lowest BCUT2D eigenvalue weighted by Gasteiger charge is -2.52. The van der Waals surface area contributed by atoms with Gasteiger partial charge in [-0.25, -0.2) is 9.59 Å². The molecule has 8 nitrogen and oxygen atoms in total. The fraction of sp³-hybridized carbons (Fsp3) is 0.577. The van der Waals surface area contributed by atoms with Crippen molar-refractivity contribution in [2.75, 3.05) is 24.5 Å². The monoisotopic (exact) mass is 466 g/mol. The Hall–Kier alpha value is -3.03. The van der Waals surface area contributed by atoms with E-state index in [4.69, 9.17) is 4.74 Å². The second kappa shape index (κ2) is 8.03. The number of amides is 4. The molecule has 1 spiro atoms. The van der Waals surface area contributed by atoms with Gasteiger partial charge in [0.1, 0.15) is 5.60 Å². The van der Waals surface area contributed by atoms with E-state index in [0.717, 1.165) is 55.4 Å². The Labute approximate surface area is 200 Å². The zero-order chi connectivity index (χ0) is 24.3. The van der Waals surface area contributed by atoms with Crippen LogP contribution in [0, 0.1) is 12.3 Å². The Morgan fingerprint density at radius 3 is 2.44 bits per heavy atom. The lowest BCUT2D eigenvalue weighted by molar-refractivity contribution is -0.120. The van der Waals surface area contributed by atoms with Crippen LogP contribution in [0.25, 0.3) is 10.9 Å². The number of aromatic nitrogens is 1. The van der Waals surface area contributed by atoms with E-state index in [0.29, 0.717) is 24.4 Å². The molecule has 5 rings (SSSR count). The smallest absolute Gasteiger partial charge is 0.410 e. The number of imide groups is 1. The second-order valence-electron chi connectivity index (χ2n) is 11.1. The molecule has 34 heavy (non-hydrogen) atoms. The Kier molecular flexibility index (Phi) is 5.37. The van der Waals surface area contributed by atoms with Crippen molar-refractivity contribution >= 4 is 34.6 Å². The maximum Gasteiger partial charge on any atom is 0.410 e. The summed E-state index contributed by atoms with van der Waals surface area (Å²) in [5.41, 5.74) is 2.94. The molecule has 0 unspecified atom stereocenters. The molecule has 3 fully saturated rings. The van der Waals surface area contributed by atoms with E-state index >= 15 is 0 Å². The van der Waals surface area contributed by atoms with Gasteiger partial charge in [-0.15, -0.1) is 0 Å². The van der Waals surface area contributed by atoms with Gasteiger partial charge >= 0.3 is 12.1 Å². The first-order chi connectivity index (χ1) is 16.1. The molecular formula is C26H34N4O4. The van der Waals surface area contributed by atoms with Crippen molar-refractivity contribution in [3.8, 4) is 0 Å². The number of rotatable bonds is 2. The van der Waals surface area contributed by atoms with Gasteiger partial charge < -0.3 is 14.2 Å². The number of nitrogens with zero attached hydrogens (tertiary/aromatic N) is 3. The molecule has 0 radical (unpaired) electrons. The number of fused-ring (bicyclic) bond motifs is 1. The number of ether oxygens (including phenoxy) is 1. The number of piperidine rings is 1. The van der Waals surface area contributed by atoms with Crippen LogP contribution >= 0.6 is 0 Å². The molecule has 8 heteroatoms. The molecule has 1 N–H and O–H groups in total. The van der Waals surface area contributed by atoms with Crippen molar-refractivity contribution in [1.82, 2.24) is 14.8 Å². The van der Waals surface area contributed by atoms with Crippen LogP contribution in [0.15, 0.2) is 24.4 Å². The molecule has 1 saturated carbocycles. The Balaban J connectivity index is 1.26. The van der Waals surface area contributed by atoms with E-state index in [9.17, 15) is 14.4 Å². The first-order valence-corrected chi connectivity index (χ1v) is 12.2. The van der Waals surface area contributed by atoms with Gasteiger partial charge in [-0.1, -0.05) is 0 Å². The van der Waals surface area contributed by atoms with Gasteiger partial charge in [0.2, 0.25) is 5.91 Å². The maximum atomic E-state index is 12.4. The summed E-state index contributed by atoms with van der Waals surface area (Å²) in [5, 5.41) is 3.55. The molecular weight excluding hydrogens is 432 g/mol. The van der Waals surface area contributed by atoms with E-state index in [1.807, 2.05) is 38.7 Å². The Morgan fingerprint density at radius 1 is 1.09 bits per heavy atom. The van der Waals surface area contributed by atoms with Gasteiger partial charge in [0.15, 0.2) is 0 Å². The third kappa shape index (κ3) is 4.03. The fourth-order valence-corrected chi connectivity index (χ4v) is 5.81. The van der Waals surface area contributed by atoms with Crippen molar-refractivity contribution in [3.63, 3.8) is 0 Å². The molecule has 1 aromatic carbocycles. The lowest BCUT2D eigenvalue weighted by atomic mass is 9.60. The number of nitrogens with one attached hydrogen (secondary N) is 1. The van der Waals surface area contributed by atoms with Crippen molar-refractivity contribution in [2.45, 2.75) is 71.4 Å². The summed E-state index contributed by atoms with van der Waals surface area (Å²) in [4.78, 5) is 39.7. The van der Waals surface area contributed by atoms with Gasteiger partial charge in [0.05, 0.1) is 0 Å². The highest BCUT2D eigenvalue weighted by molar-refractivity contribution is 6.07. The zero-order valence-corrected chi connectivity index (χ0v) is 20.5. The number of urea groups is 1. The summed E-state index contributed by atoms with van der Waals surface area (Å²) >= 11 is 0. The molecule has 3 heterocycles. The number of benzene rings is 1. The summed E-state index contributed by atoms with van der Waals surface area (Å²) < 4.78 is 7.91. The molecule has 182 valence electrons. The topological polar surface area (TPSA) is 83.9 Å². The van der Waals surface area contributed by atoms with E-state index in [-0.39, 0.29) is 18.0 Å². The number of hydrogen-bond donors (Lipinski definition) is 1. The quantitative estimate of drug-likeness (QED) is 0.692. The number of hydrogen-bond acceptors (Lipinski definition) is 4. The van der Waals surface area contributed by atoms with E-state index in [2.05, 4.69) is 28.2 Å². The van der Waals surface area contributed by atoms with Gasteiger partial charge in [-0.3, -0.25) is 15.0 Å². The number of carbonyl (C=O) groups is 3. The summed E-state index contributed by atoms with van der Waals surface area (Å²) in [5.74, 6) is -0.220. The van der Waals surface area contributed by atoms with Crippen molar-refractivity contribution in [3.05, 3.63) is 30.0 Å². The van der Waals surface area contributed by atoms with Gasteiger partial charge in [-0.05, 0) is 82.6 Å². The standard InChI is InChI=1S/C26H34N4O4/c1-17-19-7-11-29(21(19)6-5-20(17)30-12-8-22(31)27-23(30)32)18-15-26(16-18)9-13-28(14-10-26)24(33)34-25(2,3)4/h5-7,11,18H,8-10,12-16H2,1-4H3,(H,27,31,32). The lowest BCUT2D eigenvalue weighted by Crippen LogP contribution is -2.50. The molecule has 2 aliphatic heterocycles. The number of aryl methyl sites for hydroxylation is 1. The van der Waals surface area contributed by atoms with Crippen molar-refractivity contribution in [1.29, 1.82) is 0 Å². The van der Waals surface area contributed by atoms with Crippen LogP contribution in [0.5, 0.6) is 0 Å². The summed E-state index contributed by atoms with van der Waals surface area (Å²) in [6.07, 6.45) is 6.57. The first-order valence-electron chi connectivity index (χ1n) is 12.2. The molecule has 4 amide bonds. The third-order valence-corrected chi connectivity index (χ3v) is 7.69.